The third kappa shape index (κ3) is 4.09. The average molecular weight is 356 g/mol. The molecule has 3 aromatic rings. The normalized spacial score (nSPS) is 11.3. The first-order chi connectivity index (χ1) is 12.0. The molecule has 0 spiro atoms. The molecule has 0 atom stereocenters. The minimum Gasteiger partial charge on any atom is -0.494 e. The smallest absolute Gasteiger partial charge is 0.269 e. The predicted molar refractivity (Wildman–Crippen MR) is 101 cm³/mol. The predicted octanol–water partition coefficient (Wildman–Crippen LogP) is 4.49. The van der Waals surface area contributed by atoms with E-state index in [4.69, 9.17) is 9.47 Å². The van der Waals surface area contributed by atoms with Crippen LogP contribution >= 0.6 is 11.3 Å². The molecule has 25 heavy (non-hydrogen) atoms. The number of aromatic nitrogens is 1. The summed E-state index contributed by atoms with van der Waals surface area (Å²) in [6.07, 6.45) is 0. The first kappa shape index (κ1) is 17.2. The van der Waals surface area contributed by atoms with Crippen molar-refractivity contribution in [3.63, 3.8) is 0 Å². The van der Waals surface area contributed by atoms with Crippen molar-refractivity contribution in [1.29, 1.82) is 0 Å². The van der Waals surface area contributed by atoms with Gasteiger partial charge in [-0.25, -0.2) is 4.98 Å². The van der Waals surface area contributed by atoms with Crippen molar-refractivity contribution in [2.75, 3.05) is 11.9 Å². The lowest BCUT2D eigenvalue weighted by molar-refractivity contribution is -0.128. The molecule has 1 heterocycles. The fourth-order valence-corrected chi connectivity index (χ4v) is 3.18. The summed E-state index contributed by atoms with van der Waals surface area (Å²) >= 11 is 1.41. The maximum Gasteiger partial charge on any atom is 0.269 e. The van der Waals surface area contributed by atoms with Crippen LogP contribution in [0.5, 0.6) is 11.5 Å². The number of fused-ring (bicyclic) bond motifs is 1. The molecule has 0 saturated carbocycles. The zero-order chi connectivity index (χ0) is 17.9. The summed E-state index contributed by atoms with van der Waals surface area (Å²) < 4.78 is 12.3. The molecule has 3 rings (SSSR count). The topological polar surface area (TPSA) is 60.5 Å². The number of rotatable bonds is 6. The molecule has 0 radical (unpaired) electrons. The van der Waals surface area contributed by atoms with Crippen molar-refractivity contribution in [2.45, 2.75) is 26.4 Å². The molecule has 130 valence electrons. The maximum absolute atomic E-state index is 12.6. The Hall–Kier alpha value is -2.60. The van der Waals surface area contributed by atoms with Gasteiger partial charge in [-0.1, -0.05) is 29.5 Å². The number of hydrogen-bond donors (Lipinski definition) is 1. The number of benzene rings is 2. The van der Waals surface area contributed by atoms with Crippen LogP contribution in [-0.2, 0) is 4.79 Å². The van der Waals surface area contributed by atoms with Gasteiger partial charge in [-0.15, -0.1) is 0 Å². The Kier molecular flexibility index (Phi) is 4.90. The lowest BCUT2D eigenvalue weighted by Crippen LogP contribution is -2.42. The lowest BCUT2D eigenvalue weighted by atomic mass is 10.1. The van der Waals surface area contributed by atoms with Crippen LogP contribution in [0.25, 0.3) is 10.2 Å². The van der Waals surface area contributed by atoms with Crippen molar-refractivity contribution in [2.24, 2.45) is 0 Å². The van der Waals surface area contributed by atoms with Gasteiger partial charge < -0.3 is 9.47 Å². The zero-order valence-corrected chi connectivity index (χ0v) is 15.2. The van der Waals surface area contributed by atoms with Crippen LogP contribution in [0.15, 0.2) is 48.5 Å². The molecular formula is C19H20N2O3S. The minimum absolute atomic E-state index is 0.250. The van der Waals surface area contributed by atoms with Gasteiger partial charge in [0.2, 0.25) is 0 Å². The van der Waals surface area contributed by atoms with Gasteiger partial charge in [-0.3, -0.25) is 10.1 Å². The van der Waals surface area contributed by atoms with Crippen LogP contribution < -0.4 is 14.8 Å². The number of carbonyl (C=O) groups excluding carboxylic acids is 1. The largest absolute Gasteiger partial charge is 0.494 e. The number of carbonyl (C=O) groups is 1. The highest BCUT2D eigenvalue weighted by Gasteiger charge is 2.30. The van der Waals surface area contributed by atoms with E-state index in [1.165, 1.54) is 11.3 Å². The molecule has 1 aromatic heterocycles. The second-order valence-electron chi connectivity index (χ2n) is 5.96. The van der Waals surface area contributed by atoms with Gasteiger partial charge in [-0.2, -0.15) is 0 Å². The molecule has 0 aliphatic heterocycles. The summed E-state index contributed by atoms with van der Waals surface area (Å²) in [6, 6.07) is 15.0. The van der Waals surface area contributed by atoms with E-state index in [0.29, 0.717) is 17.5 Å². The summed E-state index contributed by atoms with van der Waals surface area (Å²) in [5.41, 5.74) is -0.194. The van der Waals surface area contributed by atoms with Crippen LogP contribution in [-0.4, -0.2) is 23.1 Å². The Morgan fingerprint density at radius 3 is 2.64 bits per heavy atom. The molecule has 1 N–H and O–H groups in total. The first-order valence-corrected chi connectivity index (χ1v) is 8.88. The third-order valence-corrected chi connectivity index (χ3v) is 4.49. The number of para-hydroxylation sites is 1. The highest BCUT2D eigenvalue weighted by Crippen LogP contribution is 2.30. The Morgan fingerprint density at radius 1 is 1.16 bits per heavy atom. The summed E-state index contributed by atoms with van der Waals surface area (Å²) in [4.78, 5) is 17.0. The summed E-state index contributed by atoms with van der Waals surface area (Å²) in [7, 11) is 0. The molecule has 5 nitrogen and oxygen atoms in total. The first-order valence-electron chi connectivity index (χ1n) is 8.07. The van der Waals surface area contributed by atoms with E-state index in [1.54, 1.807) is 13.8 Å². The fourth-order valence-electron chi connectivity index (χ4n) is 2.29. The van der Waals surface area contributed by atoms with Gasteiger partial charge in [0.05, 0.1) is 16.8 Å². The van der Waals surface area contributed by atoms with Gasteiger partial charge in [0.1, 0.15) is 11.5 Å². The number of anilines is 1. The lowest BCUT2D eigenvalue weighted by Gasteiger charge is -2.24. The summed E-state index contributed by atoms with van der Waals surface area (Å²) in [6.45, 7) is 6.02. The molecule has 2 aromatic carbocycles. The fraction of sp³-hybridized carbons (Fsp3) is 0.263. The Balaban J connectivity index is 1.74. The number of thiazole rings is 1. The number of nitrogens with zero attached hydrogens (tertiary/aromatic N) is 1. The standard InChI is InChI=1S/C19H20N2O3S/c1-4-23-14-10-11-15-16(12-14)25-18(20-15)21-17(22)19(2,3)24-13-8-6-5-7-9-13/h5-12H,4H2,1-3H3,(H,20,21,22). The van der Waals surface area contributed by atoms with Gasteiger partial charge in [-0.05, 0) is 51.1 Å². The van der Waals surface area contributed by atoms with Crippen molar-refractivity contribution in [3.8, 4) is 11.5 Å². The highest BCUT2D eigenvalue weighted by atomic mass is 32.1. The van der Waals surface area contributed by atoms with Gasteiger partial charge in [0, 0.05) is 0 Å². The summed E-state index contributed by atoms with van der Waals surface area (Å²) in [5, 5.41) is 3.39. The van der Waals surface area contributed by atoms with E-state index in [1.807, 2.05) is 55.5 Å². The van der Waals surface area contributed by atoms with E-state index in [-0.39, 0.29) is 5.91 Å². The molecule has 1 amide bonds. The Morgan fingerprint density at radius 2 is 1.92 bits per heavy atom. The molecular weight excluding hydrogens is 336 g/mol. The number of nitrogens with one attached hydrogen (secondary N) is 1. The highest BCUT2D eigenvalue weighted by molar-refractivity contribution is 7.22. The third-order valence-electron chi connectivity index (χ3n) is 3.55. The van der Waals surface area contributed by atoms with E-state index in [9.17, 15) is 4.79 Å². The monoisotopic (exact) mass is 356 g/mol. The van der Waals surface area contributed by atoms with Crippen LogP contribution in [0.1, 0.15) is 20.8 Å². The molecule has 0 bridgehead atoms. The average Bonchev–Trinajstić information content (AvgIpc) is 2.97. The van der Waals surface area contributed by atoms with E-state index in [0.717, 1.165) is 16.0 Å². The minimum atomic E-state index is -1.02. The Labute approximate surface area is 150 Å². The van der Waals surface area contributed by atoms with E-state index < -0.39 is 5.60 Å². The van der Waals surface area contributed by atoms with E-state index in [2.05, 4.69) is 10.3 Å². The molecule has 0 aliphatic carbocycles. The van der Waals surface area contributed by atoms with E-state index >= 15 is 0 Å². The van der Waals surface area contributed by atoms with Crippen LogP contribution in [0.2, 0.25) is 0 Å². The van der Waals surface area contributed by atoms with Gasteiger partial charge in [0.25, 0.3) is 5.91 Å². The van der Waals surface area contributed by atoms with Crippen molar-refractivity contribution < 1.29 is 14.3 Å². The number of amides is 1. The summed E-state index contributed by atoms with van der Waals surface area (Å²) in [5.74, 6) is 1.19. The van der Waals surface area contributed by atoms with Crippen LogP contribution in [0, 0.1) is 0 Å². The number of hydrogen-bond acceptors (Lipinski definition) is 5. The Bertz CT molecular complexity index is 875. The molecule has 0 fully saturated rings. The van der Waals surface area contributed by atoms with Crippen LogP contribution in [0.4, 0.5) is 5.13 Å². The second kappa shape index (κ2) is 7.11. The SMILES string of the molecule is CCOc1ccc2nc(NC(=O)C(C)(C)Oc3ccccc3)sc2c1. The number of ether oxygens (including phenoxy) is 2. The van der Waals surface area contributed by atoms with Crippen LogP contribution in [0.3, 0.4) is 0 Å². The van der Waals surface area contributed by atoms with Gasteiger partial charge in [0.15, 0.2) is 10.7 Å². The molecule has 0 aliphatic rings. The molecule has 6 heteroatoms. The van der Waals surface area contributed by atoms with Gasteiger partial charge >= 0.3 is 0 Å². The zero-order valence-electron chi connectivity index (χ0n) is 14.4. The van der Waals surface area contributed by atoms with Crippen molar-refractivity contribution in [3.05, 3.63) is 48.5 Å². The van der Waals surface area contributed by atoms with Crippen molar-refractivity contribution in [1.82, 2.24) is 4.98 Å². The molecule has 0 saturated heterocycles. The second-order valence-corrected chi connectivity index (χ2v) is 6.99. The quantitative estimate of drug-likeness (QED) is 0.707. The van der Waals surface area contributed by atoms with Crippen molar-refractivity contribution >= 4 is 32.6 Å². The maximum atomic E-state index is 12.6. The molecule has 0 unspecified atom stereocenters.